The van der Waals surface area contributed by atoms with Crippen LogP contribution >= 0.6 is 0 Å². The summed E-state index contributed by atoms with van der Waals surface area (Å²) in [6.07, 6.45) is 0.553. The van der Waals surface area contributed by atoms with Gasteiger partial charge in [0, 0.05) is 18.7 Å². The summed E-state index contributed by atoms with van der Waals surface area (Å²) in [6.45, 7) is -0.132. The minimum atomic E-state index is -1.11. The van der Waals surface area contributed by atoms with Crippen LogP contribution in [0, 0.1) is 10.1 Å². The zero-order chi connectivity index (χ0) is 20.3. The highest BCUT2D eigenvalue weighted by Crippen LogP contribution is 2.32. The molecular formula is C19H18N2O7. The van der Waals surface area contributed by atoms with Crippen molar-refractivity contribution in [2.24, 2.45) is 0 Å². The Morgan fingerprint density at radius 3 is 2.71 bits per heavy atom. The van der Waals surface area contributed by atoms with Crippen molar-refractivity contribution < 1.29 is 29.1 Å². The van der Waals surface area contributed by atoms with Crippen molar-refractivity contribution in [3.63, 3.8) is 0 Å². The first-order valence-corrected chi connectivity index (χ1v) is 8.47. The third kappa shape index (κ3) is 3.73. The molecule has 0 saturated heterocycles. The number of carboxylic acid groups (broad SMARTS) is 1. The van der Waals surface area contributed by atoms with Crippen molar-refractivity contribution in [2.75, 3.05) is 20.3 Å². The van der Waals surface area contributed by atoms with Crippen LogP contribution in [0.15, 0.2) is 42.5 Å². The maximum absolute atomic E-state index is 12.6. The third-order valence-corrected chi connectivity index (χ3v) is 4.55. The number of carbonyl (C=O) groups is 2. The van der Waals surface area contributed by atoms with Gasteiger partial charge in [0.05, 0.1) is 12.0 Å². The summed E-state index contributed by atoms with van der Waals surface area (Å²) in [5, 5.41) is 20.6. The summed E-state index contributed by atoms with van der Waals surface area (Å²) in [4.78, 5) is 36.0. The summed E-state index contributed by atoms with van der Waals surface area (Å²) in [6, 6.07) is 9.94. The minimum absolute atomic E-state index is 0.00487. The van der Waals surface area contributed by atoms with E-state index in [1.165, 1.54) is 30.2 Å². The normalized spacial score (nSPS) is 15.5. The second-order valence-corrected chi connectivity index (χ2v) is 6.16. The summed E-state index contributed by atoms with van der Waals surface area (Å²) < 4.78 is 10.4. The van der Waals surface area contributed by atoms with Gasteiger partial charge in [-0.2, -0.15) is 0 Å². The van der Waals surface area contributed by atoms with E-state index in [1.807, 2.05) is 12.1 Å². The molecule has 1 heterocycles. The van der Waals surface area contributed by atoms with E-state index < -0.39 is 29.4 Å². The number of carbonyl (C=O) groups excluding carboxylic acids is 1. The zero-order valence-corrected chi connectivity index (χ0v) is 15.0. The van der Waals surface area contributed by atoms with E-state index in [4.69, 9.17) is 9.47 Å². The number of amides is 1. The molecule has 1 unspecified atom stereocenters. The van der Waals surface area contributed by atoms with Crippen LogP contribution in [0.1, 0.15) is 17.2 Å². The van der Waals surface area contributed by atoms with Crippen LogP contribution in [0.3, 0.4) is 0 Å². The summed E-state index contributed by atoms with van der Waals surface area (Å²) in [7, 11) is 1.29. The number of hydrogen-bond acceptors (Lipinski definition) is 6. The smallest absolute Gasteiger partial charge is 0.331 e. The predicted octanol–water partition coefficient (Wildman–Crippen LogP) is 2.19. The molecule has 9 nitrogen and oxygen atoms in total. The Labute approximate surface area is 160 Å². The van der Waals surface area contributed by atoms with Crippen molar-refractivity contribution in [2.45, 2.75) is 12.5 Å². The number of aliphatic carboxylic acids is 1. The van der Waals surface area contributed by atoms with E-state index in [1.54, 1.807) is 12.1 Å². The number of rotatable bonds is 6. The van der Waals surface area contributed by atoms with Gasteiger partial charge in [-0.1, -0.05) is 24.3 Å². The van der Waals surface area contributed by atoms with Crippen LogP contribution in [0.4, 0.5) is 5.69 Å². The molecule has 0 spiro atoms. The van der Waals surface area contributed by atoms with Gasteiger partial charge in [-0.3, -0.25) is 14.9 Å². The van der Waals surface area contributed by atoms with Gasteiger partial charge >= 0.3 is 11.7 Å². The maximum atomic E-state index is 12.6. The Morgan fingerprint density at radius 2 is 2.04 bits per heavy atom. The Hall–Kier alpha value is -3.62. The largest absolute Gasteiger partial charge is 0.490 e. The molecule has 1 aliphatic heterocycles. The van der Waals surface area contributed by atoms with E-state index in [0.717, 1.165) is 5.56 Å². The molecule has 2 aromatic carbocycles. The van der Waals surface area contributed by atoms with Gasteiger partial charge in [0.2, 0.25) is 5.75 Å². The number of benzene rings is 2. The van der Waals surface area contributed by atoms with E-state index >= 15 is 0 Å². The highest BCUT2D eigenvalue weighted by Gasteiger charge is 2.35. The van der Waals surface area contributed by atoms with Gasteiger partial charge in [-0.05, 0) is 23.6 Å². The highest BCUT2D eigenvalue weighted by molar-refractivity contribution is 5.86. The average Bonchev–Trinajstić information content (AvgIpc) is 2.70. The first kappa shape index (κ1) is 19.2. The third-order valence-electron chi connectivity index (χ3n) is 4.55. The first-order valence-electron chi connectivity index (χ1n) is 8.47. The molecule has 9 heteroatoms. The molecule has 3 rings (SSSR count). The number of nitro groups is 1. The zero-order valence-electron chi connectivity index (χ0n) is 15.0. The van der Waals surface area contributed by atoms with Crippen molar-refractivity contribution in [3.8, 4) is 11.5 Å². The van der Waals surface area contributed by atoms with E-state index in [2.05, 4.69) is 0 Å². The lowest BCUT2D eigenvalue weighted by Gasteiger charge is -2.34. The molecule has 2 aromatic rings. The number of nitro benzene ring substituents is 1. The van der Waals surface area contributed by atoms with E-state index in [0.29, 0.717) is 12.0 Å². The molecule has 0 fully saturated rings. The van der Waals surface area contributed by atoms with Crippen molar-refractivity contribution in [1.82, 2.24) is 4.90 Å². The number of hydrogen-bond donors (Lipinski definition) is 1. The standard InChI is InChI=1S/C19H18N2O7/c1-27-16-10-13(6-7-15(16)21(25)26)28-11-17(22)20-9-8-12-4-2-3-5-14(12)18(20)19(23)24/h2-7,10,18H,8-9,11H2,1H3,(H,23,24). The number of nitrogens with zero attached hydrogens (tertiary/aromatic N) is 2. The Kier molecular flexibility index (Phi) is 5.44. The molecule has 1 atom stereocenters. The fourth-order valence-corrected chi connectivity index (χ4v) is 3.23. The van der Waals surface area contributed by atoms with Gasteiger partial charge in [0.25, 0.3) is 5.91 Å². The molecular weight excluding hydrogens is 368 g/mol. The van der Waals surface area contributed by atoms with Crippen LogP contribution in [0.5, 0.6) is 11.5 Å². The first-order chi connectivity index (χ1) is 13.4. The summed E-state index contributed by atoms with van der Waals surface area (Å²) >= 11 is 0. The Bertz CT molecular complexity index is 928. The second-order valence-electron chi connectivity index (χ2n) is 6.16. The maximum Gasteiger partial charge on any atom is 0.331 e. The van der Waals surface area contributed by atoms with Crippen LogP contribution in [-0.4, -0.2) is 47.1 Å². The van der Waals surface area contributed by atoms with Crippen LogP contribution in [-0.2, 0) is 16.0 Å². The SMILES string of the molecule is COc1cc(OCC(=O)N2CCc3ccccc3C2C(=O)O)ccc1[N+](=O)[O-]. The Balaban J connectivity index is 1.74. The van der Waals surface area contributed by atoms with Crippen LogP contribution < -0.4 is 9.47 Å². The van der Waals surface area contributed by atoms with Gasteiger partial charge in [-0.25, -0.2) is 4.79 Å². The Morgan fingerprint density at radius 1 is 1.29 bits per heavy atom. The van der Waals surface area contributed by atoms with Gasteiger partial charge in [-0.15, -0.1) is 0 Å². The van der Waals surface area contributed by atoms with Crippen LogP contribution in [0.2, 0.25) is 0 Å². The van der Waals surface area contributed by atoms with Crippen molar-refractivity contribution in [3.05, 3.63) is 63.7 Å². The van der Waals surface area contributed by atoms with Gasteiger partial charge < -0.3 is 19.5 Å². The fraction of sp³-hybridized carbons (Fsp3) is 0.263. The molecule has 146 valence electrons. The van der Waals surface area contributed by atoms with Gasteiger partial charge in [0.1, 0.15) is 5.75 Å². The van der Waals surface area contributed by atoms with E-state index in [9.17, 15) is 24.8 Å². The van der Waals surface area contributed by atoms with Crippen molar-refractivity contribution in [1.29, 1.82) is 0 Å². The fourth-order valence-electron chi connectivity index (χ4n) is 3.23. The van der Waals surface area contributed by atoms with E-state index in [-0.39, 0.29) is 23.7 Å². The highest BCUT2D eigenvalue weighted by atomic mass is 16.6. The molecule has 0 bridgehead atoms. The number of ether oxygens (including phenoxy) is 2. The topological polar surface area (TPSA) is 119 Å². The lowest BCUT2D eigenvalue weighted by molar-refractivity contribution is -0.385. The monoisotopic (exact) mass is 386 g/mol. The molecule has 0 radical (unpaired) electrons. The lowest BCUT2D eigenvalue weighted by atomic mass is 9.92. The molecule has 28 heavy (non-hydrogen) atoms. The predicted molar refractivity (Wildman–Crippen MR) is 97.4 cm³/mol. The quantitative estimate of drug-likeness (QED) is 0.597. The van der Waals surface area contributed by atoms with Crippen LogP contribution in [0.25, 0.3) is 0 Å². The summed E-state index contributed by atoms with van der Waals surface area (Å²) in [5.74, 6) is -1.39. The van der Waals surface area contributed by atoms with Crippen molar-refractivity contribution >= 4 is 17.6 Å². The molecule has 0 saturated carbocycles. The minimum Gasteiger partial charge on any atom is -0.490 e. The molecule has 1 aliphatic rings. The number of carboxylic acids is 1. The number of fused-ring (bicyclic) bond motifs is 1. The van der Waals surface area contributed by atoms with Gasteiger partial charge in [0.15, 0.2) is 12.6 Å². The second kappa shape index (κ2) is 7.95. The summed E-state index contributed by atoms with van der Waals surface area (Å²) in [5.41, 5.74) is 1.27. The molecule has 1 amide bonds. The lowest BCUT2D eigenvalue weighted by Crippen LogP contribution is -2.45. The molecule has 0 aromatic heterocycles. The molecule has 1 N–H and O–H groups in total. The average molecular weight is 386 g/mol. The molecule has 0 aliphatic carbocycles. The number of methoxy groups -OCH3 is 1.